The highest BCUT2D eigenvalue weighted by molar-refractivity contribution is 5.94. The van der Waals surface area contributed by atoms with E-state index in [2.05, 4.69) is 27.7 Å². The minimum atomic E-state index is 0.203. The zero-order valence-electron chi connectivity index (χ0n) is 7.81. The second kappa shape index (κ2) is 4.16. The highest BCUT2D eigenvalue weighted by Crippen LogP contribution is 2.11. The average Bonchev–Trinajstić information content (AvgIpc) is 1.81. The summed E-state index contributed by atoms with van der Waals surface area (Å²) in [5.74, 6) is 1.03. The first-order chi connectivity index (χ1) is 4.95. The molecule has 0 heterocycles. The second-order valence-corrected chi connectivity index (χ2v) is 3.43. The molecule has 2 heteroatoms. The lowest BCUT2D eigenvalue weighted by atomic mass is 9.98. The Bertz CT molecular complexity index is 166. The van der Waals surface area contributed by atoms with Gasteiger partial charge in [-0.15, -0.1) is 0 Å². The fourth-order valence-corrected chi connectivity index (χ4v) is 0.952. The summed E-state index contributed by atoms with van der Waals surface area (Å²) in [6, 6.07) is 0. The molecular formula is C9H18N2. The zero-order chi connectivity index (χ0) is 9.02. The molecule has 0 unspecified atom stereocenters. The molecule has 0 radical (unpaired) electrons. The van der Waals surface area contributed by atoms with Crippen molar-refractivity contribution in [3.63, 3.8) is 0 Å². The molecule has 0 fully saturated rings. The van der Waals surface area contributed by atoms with Crippen LogP contribution < -0.4 is 5.73 Å². The Morgan fingerprint density at radius 1 is 1.27 bits per heavy atom. The van der Waals surface area contributed by atoms with Crippen molar-refractivity contribution >= 4 is 5.84 Å². The summed E-state index contributed by atoms with van der Waals surface area (Å²) in [5, 5.41) is 7.28. The highest BCUT2D eigenvalue weighted by Gasteiger charge is 2.06. The van der Waals surface area contributed by atoms with Crippen molar-refractivity contribution in [2.45, 2.75) is 27.7 Å². The Morgan fingerprint density at radius 3 is 1.82 bits per heavy atom. The smallest absolute Gasteiger partial charge is 0.118 e. The summed E-state index contributed by atoms with van der Waals surface area (Å²) in [5.41, 5.74) is 6.36. The van der Waals surface area contributed by atoms with Gasteiger partial charge >= 0.3 is 0 Å². The molecule has 0 spiro atoms. The summed E-state index contributed by atoms with van der Waals surface area (Å²) >= 11 is 0. The predicted octanol–water partition coefficient (Wildman–Crippen LogP) is 2.16. The maximum atomic E-state index is 7.28. The molecular weight excluding hydrogens is 136 g/mol. The van der Waals surface area contributed by atoms with Crippen LogP contribution in [0.1, 0.15) is 27.7 Å². The minimum Gasteiger partial charge on any atom is -0.384 e. The Labute approximate surface area is 69.0 Å². The molecule has 0 rings (SSSR count). The summed E-state index contributed by atoms with van der Waals surface area (Å²) in [6.07, 6.45) is 2.05. The van der Waals surface area contributed by atoms with Crippen molar-refractivity contribution in [1.82, 2.24) is 0 Å². The standard InChI is InChI=1S/C9H18N2/c1-6(2)5-8(7(3)4)9(10)11/h5-7H,1-4H3,(H3,10,11)/b8-5-. The van der Waals surface area contributed by atoms with Crippen molar-refractivity contribution in [2.24, 2.45) is 17.6 Å². The van der Waals surface area contributed by atoms with E-state index in [0.717, 1.165) is 5.57 Å². The van der Waals surface area contributed by atoms with Gasteiger partial charge in [-0.2, -0.15) is 0 Å². The molecule has 0 aromatic carbocycles. The van der Waals surface area contributed by atoms with E-state index in [1.54, 1.807) is 0 Å². The molecule has 11 heavy (non-hydrogen) atoms. The second-order valence-electron chi connectivity index (χ2n) is 3.43. The first-order valence-corrected chi connectivity index (χ1v) is 4.01. The van der Waals surface area contributed by atoms with Gasteiger partial charge in [0.2, 0.25) is 0 Å². The Balaban J connectivity index is 4.47. The van der Waals surface area contributed by atoms with Crippen molar-refractivity contribution in [1.29, 1.82) is 5.41 Å². The monoisotopic (exact) mass is 154 g/mol. The average molecular weight is 154 g/mol. The van der Waals surface area contributed by atoms with Crippen LogP contribution in [0.5, 0.6) is 0 Å². The van der Waals surface area contributed by atoms with E-state index in [4.69, 9.17) is 11.1 Å². The molecule has 0 aliphatic heterocycles. The van der Waals surface area contributed by atoms with Gasteiger partial charge in [-0.05, 0) is 17.4 Å². The van der Waals surface area contributed by atoms with Gasteiger partial charge in [0.15, 0.2) is 0 Å². The number of nitrogens with two attached hydrogens (primary N) is 1. The Kier molecular flexibility index (Phi) is 3.86. The van der Waals surface area contributed by atoms with Crippen LogP contribution in [0.25, 0.3) is 0 Å². The molecule has 3 N–H and O–H groups in total. The van der Waals surface area contributed by atoms with Crippen LogP contribution in [0.4, 0.5) is 0 Å². The number of rotatable bonds is 3. The van der Waals surface area contributed by atoms with Crippen LogP contribution >= 0.6 is 0 Å². The van der Waals surface area contributed by atoms with E-state index in [-0.39, 0.29) is 5.84 Å². The van der Waals surface area contributed by atoms with E-state index >= 15 is 0 Å². The van der Waals surface area contributed by atoms with Crippen LogP contribution in [0.2, 0.25) is 0 Å². The molecule has 0 amide bonds. The van der Waals surface area contributed by atoms with Crippen LogP contribution in [0, 0.1) is 17.2 Å². The molecule has 0 aliphatic rings. The van der Waals surface area contributed by atoms with Crippen LogP contribution in [-0.4, -0.2) is 5.84 Å². The summed E-state index contributed by atoms with van der Waals surface area (Å²) in [4.78, 5) is 0. The number of allylic oxidation sites excluding steroid dienone is 1. The predicted molar refractivity (Wildman–Crippen MR) is 49.7 cm³/mol. The van der Waals surface area contributed by atoms with Gasteiger partial charge in [-0.25, -0.2) is 0 Å². The third-order valence-electron chi connectivity index (χ3n) is 1.45. The van der Waals surface area contributed by atoms with Crippen molar-refractivity contribution < 1.29 is 0 Å². The minimum absolute atomic E-state index is 0.203. The van der Waals surface area contributed by atoms with Gasteiger partial charge < -0.3 is 5.73 Å². The number of hydrogen-bond acceptors (Lipinski definition) is 1. The Morgan fingerprint density at radius 2 is 1.73 bits per heavy atom. The first-order valence-electron chi connectivity index (χ1n) is 4.01. The maximum Gasteiger partial charge on any atom is 0.118 e. The molecule has 0 aliphatic carbocycles. The highest BCUT2D eigenvalue weighted by atomic mass is 14.7. The summed E-state index contributed by atoms with van der Waals surface area (Å²) in [6.45, 7) is 8.28. The molecule has 0 aromatic rings. The van der Waals surface area contributed by atoms with Crippen molar-refractivity contribution in [3.8, 4) is 0 Å². The number of nitrogens with one attached hydrogen (secondary N) is 1. The van der Waals surface area contributed by atoms with E-state index in [1.165, 1.54) is 0 Å². The van der Waals surface area contributed by atoms with Gasteiger partial charge in [0.25, 0.3) is 0 Å². The molecule has 0 atom stereocenters. The first kappa shape index (κ1) is 10.2. The third kappa shape index (κ3) is 3.81. The van der Waals surface area contributed by atoms with E-state index in [9.17, 15) is 0 Å². The fourth-order valence-electron chi connectivity index (χ4n) is 0.952. The van der Waals surface area contributed by atoms with Crippen LogP contribution in [0.3, 0.4) is 0 Å². The number of hydrogen-bond donors (Lipinski definition) is 2. The van der Waals surface area contributed by atoms with E-state index in [1.807, 2.05) is 6.08 Å². The Hall–Kier alpha value is -0.790. The van der Waals surface area contributed by atoms with Crippen LogP contribution in [0.15, 0.2) is 11.6 Å². The largest absolute Gasteiger partial charge is 0.384 e. The zero-order valence-corrected chi connectivity index (χ0v) is 7.81. The van der Waals surface area contributed by atoms with E-state index < -0.39 is 0 Å². The molecule has 0 bridgehead atoms. The topological polar surface area (TPSA) is 49.9 Å². The van der Waals surface area contributed by atoms with Crippen molar-refractivity contribution in [2.75, 3.05) is 0 Å². The van der Waals surface area contributed by atoms with Gasteiger partial charge in [-0.1, -0.05) is 33.8 Å². The molecule has 64 valence electrons. The van der Waals surface area contributed by atoms with Gasteiger partial charge in [-0.3, -0.25) is 5.41 Å². The maximum absolute atomic E-state index is 7.28. The molecule has 0 aromatic heterocycles. The molecule has 2 nitrogen and oxygen atoms in total. The lowest BCUT2D eigenvalue weighted by Crippen LogP contribution is -2.17. The van der Waals surface area contributed by atoms with Crippen molar-refractivity contribution in [3.05, 3.63) is 11.6 Å². The SMILES string of the molecule is CC(C)/C=C(\C(=N)N)C(C)C. The third-order valence-corrected chi connectivity index (χ3v) is 1.45. The lowest BCUT2D eigenvalue weighted by Gasteiger charge is -2.10. The lowest BCUT2D eigenvalue weighted by molar-refractivity contribution is 0.756. The summed E-state index contributed by atoms with van der Waals surface area (Å²) in [7, 11) is 0. The fraction of sp³-hybridized carbons (Fsp3) is 0.667. The van der Waals surface area contributed by atoms with Gasteiger partial charge in [0, 0.05) is 0 Å². The van der Waals surface area contributed by atoms with Gasteiger partial charge in [0.1, 0.15) is 5.84 Å². The quantitative estimate of drug-likeness (QED) is 0.475. The summed E-state index contributed by atoms with van der Waals surface area (Å²) < 4.78 is 0. The van der Waals surface area contributed by atoms with Gasteiger partial charge in [0.05, 0.1) is 0 Å². The molecule has 0 saturated carbocycles. The normalized spacial score (nSPS) is 12.7. The number of amidine groups is 1. The van der Waals surface area contributed by atoms with E-state index in [0.29, 0.717) is 11.8 Å². The van der Waals surface area contributed by atoms with Crippen LogP contribution in [-0.2, 0) is 0 Å². The molecule has 0 saturated heterocycles.